The van der Waals surface area contributed by atoms with Gasteiger partial charge in [-0.3, -0.25) is 0 Å². The molecule has 1 N–H and O–H groups in total. The highest BCUT2D eigenvalue weighted by Crippen LogP contribution is 2.22. The van der Waals surface area contributed by atoms with Crippen LogP contribution in [0.3, 0.4) is 0 Å². The average molecular weight is 384 g/mol. The third-order valence-corrected chi connectivity index (χ3v) is 5.34. The molecular weight excluding hydrogens is 358 g/mol. The van der Waals surface area contributed by atoms with Crippen LogP contribution in [0.25, 0.3) is 5.69 Å². The van der Waals surface area contributed by atoms with E-state index in [4.69, 9.17) is 0 Å². The lowest BCUT2D eigenvalue weighted by Gasteiger charge is -2.25. The Balaban J connectivity index is 1.56. The highest BCUT2D eigenvalue weighted by Gasteiger charge is 2.18. The van der Waals surface area contributed by atoms with E-state index >= 15 is 0 Å². The van der Waals surface area contributed by atoms with Gasteiger partial charge in [0.1, 0.15) is 0 Å². The van der Waals surface area contributed by atoms with E-state index in [1.807, 2.05) is 61.4 Å². The van der Waals surface area contributed by atoms with Gasteiger partial charge in [0.15, 0.2) is 0 Å². The number of rotatable bonds is 7. The van der Waals surface area contributed by atoms with Gasteiger partial charge < -0.3 is 15.1 Å². The number of carbonyl (C=O) groups is 1. The zero-order chi connectivity index (χ0) is 19.2. The molecule has 1 atom stereocenters. The van der Waals surface area contributed by atoms with E-state index in [-0.39, 0.29) is 12.1 Å². The zero-order valence-electron chi connectivity index (χ0n) is 15.9. The Morgan fingerprint density at radius 3 is 2.63 bits per heavy atom. The van der Waals surface area contributed by atoms with E-state index in [0.29, 0.717) is 13.1 Å². The SMILES string of the molecule is CN(Cc1cnn(-c2ccccc2)c1)C(=O)NCC(c1cccs1)N(C)C. The number of para-hydroxylation sites is 1. The fourth-order valence-electron chi connectivity index (χ4n) is 2.85. The van der Waals surface area contributed by atoms with E-state index in [1.165, 1.54) is 4.88 Å². The molecule has 6 nitrogen and oxygen atoms in total. The number of nitrogens with one attached hydrogen (secondary N) is 1. The summed E-state index contributed by atoms with van der Waals surface area (Å²) in [4.78, 5) is 17.5. The molecule has 1 unspecified atom stereocenters. The first kappa shape index (κ1) is 19.1. The molecule has 2 amide bonds. The highest BCUT2D eigenvalue weighted by molar-refractivity contribution is 7.10. The summed E-state index contributed by atoms with van der Waals surface area (Å²) in [5.41, 5.74) is 1.99. The molecule has 3 rings (SSSR count). The minimum absolute atomic E-state index is 0.0918. The number of thiophene rings is 1. The van der Waals surface area contributed by atoms with E-state index < -0.39 is 0 Å². The smallest absolute Gasteiger partial charge is 0.317 e. The van der Waals surface area contributed by atoms with Gasteiger partial charge >= 0.3 is 6.03 Å². The van der Waals surface area contributed by atoms with Crippen LogP contribution in [0.2, 0.25) is 0 Å². The molecule has 0 saturated heterocycles. The standard InChI is InChI=1S/C20H25N5OS/c1-23(2)18(19-10-7-11-27-19)13-21-20(26)24(3)14-16-12-22-25(15-16)17-8-5-4-6-9-17/h4-12,15,18H,13-14H2,1-3H3,(H,21,26). The van der Waals surface area contributed by atoms with Crippen LogP contribution in [0.4, 0.5) is 4.79 Å². The zero-order valence-corrected chi connectivity index (χ0v) is 16.7. The van der Waals surface area contributed by atoms with Crippen LogP contribution in [-0.2, 0) is 6.54 Å². The highest BCUT2D eigenvalue weighted by atomic mass is 32.1. The molecular formula is C20H25N5OS. The number of urea groups is 1. The molecule has 142 valence electrons. The quantitative estimate of drug-likeness (QED) is 0.680. The summed E-state index contributed by atoms with van der Waals surface area (Å²) in [7, 11) is 5.85. The van der Waals surface area contributed by atoms with Gasteiger partial charge in [-0.05, 0) is 37.7 Å². The molecule has 0 aliphatic carbocycles. The molecule has 0 aliphatic heterocycles. The fourth-order valence-corrected chi connectivity index (χ4v) is 3.77. The predicted octanol–water partition coefficient (Wildman–Crippen LogP) is 3.38. The number of likely N-dealkylation sites (N-methyl/N-ethyl adjacent to an activating group) is 1. The number of nitrogens with zero attached hydrogens (tertiary/aromatic N) is 4. The van der Waals surface area contributed by atoms with Crippen molar-refractivity contribution in [1.82, 2.24) is 24.9 Å². The van der Waals surface area contributed by atoms with Gasteiger partial charge in [0.05, 0.1) is 24.5 Å². The third kappa shape index (κ3) is 4.96. The normalized spacial score (nSPS) is 12.1. The summed E-state index contributed by atoms with van der Waals surface area (Å²) >= 11 is 1.71. The Bertz CT molecular complexity index is 844. The van der Waals surface area contributed by atoms with Gasteiger partial charge in [0, 0.05) is 30.2 Å². The van der Waals surface area contributed by atoms with Crippen molar-refractivity contribution >= 4 is 17.4 Å². The van der Waals surface area contributed by atoms with Crippen molar-refractivity contribution < 1.29 is 4.79 Å². The summed E-state index contributed by atoms with van der Waals surface area (Å²) in [6, 6.07) is 14.1. The number of carbonyl (C=O) groups excluding carboxylic acids is 1. The maximum Gasteiger partial charge on any atom is 0.317 e. The molecule has 7 heteroatoms. The molecule has 0 aliphatic rings. The molecule has 0 bridgehead atoms. The van der Waals surface area contributed by atoms with Crippen molar-refractivity contribution in [1.29, 1.82) is 0 Å². The molecule has 0 saturated carbocycles. The van der Waals surface area contributed by atoms with E-state index in [2.05, 4.69) is 26.8 Å². The second-order valence-electron chi connectivity index (χ2n) is 6.67. The predicted molar refractivity (Wildman–Crippen MR) is 109 cm³/mol. The minimum atomic E-state index is -0.0918. The largest absolute Gasteiger partial charge is 0.336 e. The van der Waals surface area contributed by atoms with Gasteiger partial charge in [-0.15, -0.1) is 11.3 Å². The maximum atomic E-state index is 12.5. The fraction of sp³-hybridized carbons (Fsp3) is 0.300. The van der Waals surface area contributed by atoms with Gasteiger partial charge in [-0.2, -0.15) is 5.10 Å². The van der Waals surface area contributed by atoms with Crippen LogP contribution in [0.5, 0.6) is 0 Å². The second kappa shape index (κ2) is 8.83. The summed E-state index contributed by atoms with van der Waals surface area (Å²) in [6.45, 7) is 1.07. The summed E-state index contributed by atoms with van der Waals surface area (Å²) in [6.07, 6.45) is 3.75. The number of hydrogen-bond acceptors (Lipinski definition) is 4. The second-order valence-corrected chi connectivity index (χ2v) is 7.64. The summed E-state index contributed by atoms with van der Waals surface area (Å²) < 4.78 is 1.82. The van der Waals surface area contributed by atoms with Crippen molar-refractivity contribution in [2.75, 3.05) is 27.7 Å². The van der Waals surface area contributed by atoms with Crippen LogP contribution in [-0.4, -0.2) is 53.3 Å². The Labute approximate surface area is 164 Å². The summed E-state index contributed by atoms with van der Waals surface area (Å²) in [5.74, 6) is 0. The Hall–Kier alpha value is -2.64. The molecule has 2 aromatic heterocycles. The molecule has 2 heterocycles. The van der Waals surface area contributed by atoms with E-state index in [1.54, 1.807) is 29.5 Å². The average Bonchev–Trinajstić information content (AvgIpc) is 3.34. The Kier molecular flexibility index (Phi) is 6.26. The molecule has 0 spiro atoms. The molecule has 1 aromatic carbocycles. The third-order valence-electron chi connectivity index (χ3n) is 4.36. The first-order chi connectivity index (χ1) is 13.0. The van der Waals surface area contributed by atoms with Crippen molar-refractivity contribution in [3.8, 4) is 5.69 Å². The van der Waals surface area contributed by atoms with Crippen LogP contribution in [0.15, 0.2) is 60.2 Å². The lowest BCUT2D eigenvalue weighted by molar-refractivity contribution is 0.201. The topological polar surface area (TPSA) is 53.4 Å². The first-order valence-corrected chi connectivity index (χ1v) is 9.70. The van der Waals surface area contributed by atoms with Gasteiger partial charge in [-0.1, -0.05) is 24.3 Å². The lowest BCUT2D eigenvalue weighted by atomic mass is 10.2. The molecule has 0 fully saturated rings. The number of hydrogen-bond donors (Lipinski definition) is 1. The van der Waals surface area contributed by atoms with E-state index in [9.17, 15) is 4.79 Å². The monoisotopic (exact) mass is 383 g/mol. The molecule has 3 aromatic rings. The number of aromatic nitrogens is 2. The van der Waals surface area contributed by atoms with Crippen LogP contribution in [0.1, 0.15) is 16.5 Å². The minimum Gasteiger partial charge on any atom is -0.336 e. The van der Waals surface area contributed by atoms with Crippen LogP contribution in [0, 0.1) is 0 Å². The van der Waals surface area contributed by atoms with Crippen LogP contribution >= 0.6 is 11.3 Å². The van der Waals surface area contributed by atoms with Crippen molar-refractivity contribution in [2.45, 2.75) is 12.6 Å². The van der Waals surface area contributed by atoms with Crippen LogP contribution < -0.4 is 5.32 Å². The maximum absolute atomic E-state index is 12.5. The van der Waals surface area contributed by atoms with Gasteiger partial charge in [0.25, 0.3) is 0 Å². The van der Waals surface area contributed by atoms with Crippen molar-refractivity contribution in [3.63, 3.8) is 0 Å². The van der Waals surface area contributed by atoms with Gasteiger partial charge in [-0.25, -0.2) is 9.48 Å². The van der Waals surface area contributed by atoms with E-state index in [0.717, 1.165) is 11.3 Å². The molecule has 0 radical (unpaired) electrons. The van der Waals surface area contributed by atoms with Crippen molar-refractivity contribution in [2.24, 2.45) is 0 Å². The molecule has 27 heavy (non-hydrogen) atoms. The number of benzene rings is 1. The van der Waals surface area contributed by atoms with Crippen molar-refractivity contribution in [3.05, 3.63) is 70.7 Å². The first-order valence-electron chi connectivity index (χ1n) is 8.82. The van der Waals surface area contributed by atoms with Gasteiger partial charge in [0.2, 0.25) is 0 Å². The Morgan fingerprint density at radius 2 is 1.96 bits per heavy atom. The number of amides is 2. The summed E-state index contributed by atoms with van der Waals surface area (Å²) in [5, 5.41) is 9.48. The lowest BCUT2D eigenvalue weighted by Crippen LogP contribution is -2.41. The Morgan fingerprint density at radius 1 is 1.19 bits per heavy atom.